The molecule has 2 nitrogen and oxygen atoms in total. The minimum Gasteiger partial charge on any atom is -0.469 e. The third-order valence-corrected chi connectivity index (χ3v) is 2.46. The maximum Gasteiger partial charge on any atom is 0.416 e. The molecule has 0 fully saturated rings. The average Bonchev–Trinajstić information content (AvgIpc) is 2.26. The molecule has 0 aliphatic heterocycles. The van der Waals surface area contributed by atoms with Gasteiger partial charge in [0.2, 0.25) is 0 Å². The second kappa shape index (κ2) is 5.21. The zero-order valence-corrected chi connectivity index (χ0v) is 9.60. The summed E-state index contributed by atoms with van der Waals surface area (Å²) in [6.45, 7) is 1.65. The first-order chi connectivity index (χ1) is 7.90. The molecule has 0 aliphatic rings. The highest BCUT2D eigenvalue weighted by Gasteiger charge is 2.35. The van der Waals surface area contributed by atoms with Gasteiger partial charge in [-0.15, -0.1) is 0 Å². The first-order valence-electron chi connectivity index (χ1n) is 5.15. The van der Waals surface area contributed by atoms with Crippen molar-refractivity contribution in [1.82, 2.24) is 0 Å². The lowest BCUT2D eigenvalue weighted by Crippen LogP contribution is -2.15. The van der Waals surface area contributed by atoms with Gasteiger partial charge in [0, 0.05) is 0 Å². The van der Waals surface area contributed by atoms with Crippen LogP contribution in [-0.4, -0.2) is 13.1 Å². The minimum atomic E-state index is -4.45. The van der Waals surface area contributed by atoms with Gasteiger partial charge in [0.1, 0.15) is 0 Å². The standard InChI is InChI=1S/C12H13F3O2/c1-3-8-5-4-6-9(7-10(16)17-2)11(8)12(13,14)15/h4-6H,3,7H2,1-2H3. The predicted molar refractivity (Wildman–Crippen MR) is 56.5 cm³/mol. The Morgan fingerprint density at radius 1 is 1.29 bits per heavy atom. The van der Waals surface area contributed by atoms with Gasteiger partial charge in [0.15, 0.2) is 0 Å². The molecule has 0 aliphatic carbocycles. The molecule has 0 radical (unpaired) electrons. The van der Waals surface area contributed by atoms with Crippen molar-refractivity contribution < 1.29 is 22.7 Å². The van der Waals surface area contributed by atoms with Gasteiger partial charge in [0.25, 0.3) is 0 Å². The Labute approximate surface area is 97.4 Å². The van der Waals surface area contributed by atoms with E-state index in [1.165, 1.54) is 18.2 Å². The minimum absolute atomic E-state index is 0.0382. The third-order valence-electron chi connectivity index (χ3n) is 2.46. The molecule has 5 heteroatoms. The van der Waals surface area contributed by atoms with E-state index >= 15 is 0 Å². The summed E-state index contributed by atoms with van der Waals surface area (Å²) >= 11 is 0. The average molecular weight is 246 g/mol. The number of aryl methyl sites for hydroxylation is 1. The fourth-order valence-electron chi connectivity index (χ4n) is 1.69. The Morgan fingerprint density at radius 2 is 1.88 bits per heavy atom. The fraction of sp³-hybridized carbons (Fsp3) is 0.417. The molecule has 0 saturated heterocycles. The van der Waals surface area contributed by atoms with E-state index in [0.29, 0.717) is 0 Å². The molecule has 94 valence electrons. The van der Waals surface area contributed by atoms with Crippen LogP contribution in [0, 0.1) is 0 Å². The van der Waals surface area contributed by atoms with Gasteiger partial charge in [-0.25, -0.2) is 0 Å². The van der Waals surface area contributed by atoms with Gasteiger partial charge in [-0.05, 0) is 17.5 Å². The van der Waals surface area contributed by atoms with E-state index in [-0.39, 0.29) is 24.0 Å². The summed E-state index contributed by atoms with van der Waals surface area (Å²) in [5, 5.41) is 0. The number of benzene rings is 1. The fourth-order valence-corrected chi connectivity index (χ4v) is 1.69. The number of methoxy groups -OCH3 is 1. The van der Waals surface area contributed by atoms with Crippen molar-refractivity contribution in [3.8, 4) is 0 Å². The molecular formula is C12H13F3O2. The van der Waals surface area contributed by atoms with Crippen LogP contribution in [0.4, 0.5) is 13.2 Å². The second-order valence-corrected chi connectivity index (χ2v) is 3.56. The number of rotatable bonds is 3. The van der Waals surface area contributed by atoms with Crippen LogP contribution in [0.25, 0.3) is 0 Å². The number of ether oxygens (including phenoxy) is 1. The highest BCUT2D eigenvalue weighted by atomic mass is 19.4. The van der Waals surface area contributed by atoms with Gasteiger partial charge in [-0.1, -0.05) is 25.1 Å². The molecule has 1 rings (SSSR count). The number of hydrogen-bond donors (Lipinski definition) is 0. The molecule has 0 saturated carbocycles. The van der Waals surface area contributed by atoms with Crippen molar-refractivity contribution in [3.05, 3.63) is 34.9 Å². The largest absolute Gasteiger partial charge is 0.469 e. The Bertz CT molecular complexity index is 411. The van der Waals surface area contributed by atoms with Crippen LogP contribution in [0.15, 0.2) is 18.2 Å². The number of halogens is 3. The summed E-state index contributed by atoms with van der Waals surface area (Å²) in [6, 6.07) is 4.24. The zero-order chi connectivity index (χ0) is 13.1. The second-order valence-electron chi connectivity index (χ2n) is 3.56. The highest BCUT2D eigenvalue weighted by molar-refractivity contribution is 5.73. The Morgan fingerprint density at radius 3 is 2.35 bits per heavy atom. The molecule has 0 spiro atoms. The number of carbonyl (C=O) groups is 1. The van der Waals surface area contributed by atoms with E-state index in [1.54, 1.807) is 6.92 Å². The maximum atomic E-state index is 12.9. The monoisotopic (exact) mass is 246 g/mol. The molecule has 17 heavy (non-hydrogen) atoms. The van der Waals surface area contributed by atoms with E-state index in [4.69, 9.17) is 0 Å². The molecule has 0 atom stereocenters. The Kier molecular flexibility index (Phi) is 4.15. The Balaban J connectivity index is 3.25. The maximum absolute atomic E-state index is 12.9. The number of carbonyl (C=O) groups excluding carboxylic acids is 1. The van der Waals surface area contributed by atoms with Crippen molar-refractivity contribution in [1.29, 1.82) is 0 Å². The van der Waals surface area contributed by atoms with Crippen LogP contribution < -0.4 is 0 Å². The smallest absolute Gasteiger partial charge is 0.416 e. The van der Waals surface area contributed by atoms with E-state index in [1.807, 2.05) is 0 Å². The Hall–Kier alpha value is -1.52. The molecule has 1 aromatic rings. The zero-order valence-electron chi connectivity index (χ0n) is 9.60. The quantitative estimate of drug-likeness (QED) is 0.766. The summed E-state index contributed by atoms with van der Waals surface area (Å²) in [6.07, 6.45) is -4.54. The highest BCUT2D eigenvalue weighted by Crippen LogP contribution is 2.35. The van der Waals surface area contributed by atoms with Crippen molar-refractivity contribution in [2.75, 3.05) is 7.11 Å². The summed E-state index contributed by atoms with van der Waals surface area (Å²) < 4.78 is 43.1. The molecule has 1 aromatic carbocycles. The number of alkyl halides is 3. The number of hydrogen-bond acceptors (Lipinski definition) is 2. The summed E-state index contributed by atoms with van der Waals surface area (Å²) in [4.78, 5) is 11.1. The number of esters is 1. The molecule has 0 amide bonds. The molecular weight excluding hydrogens is 233 g/mol. The first-order valence-corrected chi connectivity index (χ1v) is 5.15. The van der Waals surface area contributed by atoms with Gasteiger partial charge < -0.3 is 4.74 Å². The summed E-state index contributed by atoms with van der Waals surface area (Å²) in [7, 11) is 1.15. The lowest BCUT2D eigenvalue weighted by molar-refractivity contribution is -0.141. The van der Waals surface area contributed by atoms with E-state index in [0.717, 1.165) is 7.11 Å². The van der Waals surface area contributed by atoms with Crippen LogP contribution in [-0.2, 0) is 28.5 Å². The summed E-state index contributed by atoms with van der Waals surface area (Å²) in [5.74, 6) is -0.677. The van der Waals surface area contributed by atoms with Gasteiger partial charge in [0.05, 0.1) is 19.1 Å². The van der Waals surface area contributed by atoms with Crippen LogP contribution in [0.1, 0.15) is 23.6 Å². The van der Waals surface area contributed by atoms with Gasteiger partial charge in [-0.3, -0.25) is 4.79 Å². The van der Waals surface area contributed by atoms with Gasteiger partial charge in [-0.2, -0.15) is 13.2 Å². The van der Waals surface area contributed by atoms with Crippen LogP contribution >= 0.6 is 0 Å². The molecule has 0 heterocycles. The van der Waals surface area contributed by atoms with Crippen LogP contribution in [0.3, 0.4) is 0 Å². The summed E-state index contributed by atoms with van der Waals surface area (Å²) in [5.41, 5.74) is -0.560. The van der Waals surface area contributed by atoms with Crippen molar-refractivity contribution in [3.63, 3.8) is 0 Å². The SMILES string of the molecule is CCc1cccc(CC(=O)OC)c1C(F)(F)F. The van der Waals surface area contributed by atoms with Crippen molar-refractivity contribution >= 4 is 5.97 Å². The van der Waals surface area contributed by atoms with Crippen LogP contribution in [0.2, 0.25) is 0 Å². The normalized spacial score (nSPS) is 11.4. The van der Waals surface area contributed by atoms with E-state index in [2.05, 4.69) is 4.74 Å². The molecule has 0 N–H and O–H groups in total. The topological polar surface area (TPSA) is 26.3 Å². The van der Waals surface area contributed by atoms with E-state index in [9.17, 15) is 18.0 Å². The van der Waals surface area contributed by atoms with Crippen molar-refractivity contribution in [2.45, 2.75) is 25.9 Å². The lowest BCUT2D eigenvalue weighted by atomic mass is 9.97. The predicted octanol–water partition coefficient (Wildman–Crippen LogP) is 2.98. The van der Waals surface area contributed by atoms with Crippen LogP contribution in [0.5, 0.6) is 0 Å². The first kappa shape index (κ1) is 13.5. The lowest BCUT2D eigenvalue weighted by Gasteiger charge is -2.16. The molecule has 0 bridgehead atoms. The third kappa shape index (κ3) is 3.22. The van der Waals surface area contributed by atoms with E-state index < -0.39 is 17.7 Å². The van der Waals surface area contributed by atoms with Gasteiger partial charge >= 0.3 is 12.1 Å². The van der Waals surface area contributed by atoms with Crippen molar-refractivity contribution in [2.24, 2.45) is 0 Å². The molecule has 0 unspecified atom stereocenters. The molecule has 0 aromatic heterocycles.